The van der Waals surface area contributed by atoms with Crippen molar-refractivity contribution in [2.45, 2.75) is 5.60 Å². The number of rotatable bonds is 2. The van der Waals surface area contributed by atoms with Crippen LogP contribution in [0.4, 0.5) is 0 Å². The number of fused-ring (bicyclic) bond motifs is 6. The van der Waals surface area contributed by atoms with Crippen molar-refractivity contribution in [2.24, 2.45) is 0 Å². The van der Waals surface area contributed by atoms with Gasteiger partial charge < -0.3 is 4.74 Å². The Hall–Kier alpha value is -3.66. The Labute approximate surface area is 173 Å². The standard InChI is InChI=1S/C27H18O3/c28-30-27(20-10-2-1-3-11-20)25-21-12-6-4-8-18(21)14-16-23(25)29-24-17-15-19-9-5-7-13-22(19)26(24)27/h1-17,28H. The average molecular weight is 390 g/mol. The lowest BCUT2D eigenvalue weighted by Gasteiger charge is -2.39. The van der Waals surface area contributed by atoms with Crippen molar-refractivity contribution in [2.75, 3.05) is 0 Å². The quantitative estimate of drug-likeness (QED) is 0.264. The van der Waals surface area contributed by atoms with E-state index >= 15 is 0 Å². The second-order valence-electron chi connectivity index (χ2n) is 7.56. The lowest BCUT2D eigenvalue weighted by molar-refractivity contribution is -0.302. The minimum absolute atomic E-state index is 0.675. The molecule has 0 atom stereocenters. The molecule has 0 aromatic heterocycles. The monoisotopic (exact) mass is 390 g/mol. The highest BCUT2D eigenvalue weighted by atomic mass is 17.1. The van der Waals surface area contributed by atoms with Gasteiger partial charge in [0.05, 0.1) is 0 Å². The molecule has 1 aliphatic rings. The second-order valence-corrected chi connectivity index (χ2v) is 7.56. The summed E-state index contributed by atoms with van der Waals surface area (Å²) in [7, 11) is 0. The first-order valence-corrected chi connectivity index (χ1v) is 9.93. The summed E-state index contributed by atoms with van der Waals surface area (Å²) < 4.78 is 6.38. The largest absolute Gasteiger partial charge is 0.456 e. The van der Waals surface area contributed by atoms with Crippen molar-refractivity contribution in [3.8, 4) is 11.5 Å². The highest BCUT2D eigenvalue weighted by Gasteiger charge is 2.48. The van der Waals surface area contributed by atoms with Gasteiger partial charge in [-0.2, -0.15) is 0 Å². The molecule has 30 heavy (non-hydrogen) atoms. The molecule has 0 amide bonds. The van der Waals surface area contributed by atoms with E-state index in [9.17, 15) is 5.26 Å². The van der Waals surface area contributed by atoms with Crippen LogP contribution in [-0.4, -0.2) is 5.26 Å². The van der Waals surface area contributed by atoms with Crippen LogP contribution in [0.1, 0.15) is 16.7 Å². The minimum Gasteiger partial charge on any atom is -0.456 e. The summed E-state index contributed by atoms with van der Waals surface area (Å²) in [5.41, 5.74) is 1.22. The fraction of sp³-hybridized carbons (Fsp3) is 0.0370. The zero-order chi connectivity index (χ0) is 20.1. The van der Waals surface area contributed by atoms with Gasteiger partial charge in [0, 0.05) is 11.1 Å². The van der Waals surface area contributed by atoms with E-state index in [1.54, 1.807) is 0 Å². The van der Waals surface area contributed by atoms with Gasteiger partial charge in [-0.15, -0.1) is 0 Å². The second kappa shape index (κ2) is 6.42. The molecule has 1 heterocycles. The summed E-state index contributed by atoms with van der Waals surface area (Å²) in [5, 5.41) is 14.7. The van der Waals surface area contributed by atoms with Crippen LogP contribution >= 0.6 is 0 Å². The predicted molar refractivity (Wildman–Crippen MR) is 118 cm³/mol. The summed E-state index contributed by atoms with van der Waals surface area (Å²) in [6, 6.07) is 34.0. The summed E-state index contributed by atoms with van der Waals surface area (Å²) in [5.74, 6) is 1.35. The number of benzene rings is 5. The maximum absolute atomic E-state index is 10.7. The Kier molecular flexibility index (Phi) is 3.69. The van der Waals surface area contributed by atoms with Gasteiger partial charge in [0.15, 0.2) is 5.60 Å². The third-order valence-electron chi connectivity index (χ3n) is 6.02. The highest BCUT2D eigenvalue weighted by Crippen LogP contribution is 2.56. The van der Waals surface area contributed by atoms with Crippen molar-refractivity contribution in [1.82, 2.24) is 0 Å². The van der Waals surface area contributed by atoms with Crippen molar-refractivity contribution < 1.29 is 14.9 Å². The summed E-state index contributed by atoms with van der Waals surface area (Å²) in [4.78, 5) is 5.55. The van der Waals surface area contributed by atoms with Gasteiger partial charge in [-0.25, -0.2) is 4.89 Å². The van der Waals surface area contributed by atoms with Gasteiger partial charge in [-0.05, 0) is 39.2 Å². The maximum atomic E-state index is 10.7. The van der Waals surface area contributed by atoms with Crippen LogP contribution in [0.15, 0.2) is 103 Å². The van der Waals surface area contributed by atoms with Crippen molar-refractivity contribution >= 4 is 21.5 Å². The molecule has 0 bridgehead atoms. The zero-order valence-electron chi connectivity index (χ0n) is 16.1. The lowest BCUT2D eigenvalue weighted by Crippen LogP contribution is -2.35. The molecule has 3 nitrogen and oxygen atoms in total. The SMILES string of the molecule is OOC1(c2ccccc2)c2c(ccc3ccccc23)Oc2ccc3ccccc3c21. The first-order chi connectivity index (χ1) is 14.8. The third kappa shape index (κ3) is 2.22. The topological polar surface area (TPSA) is 38.7 Å². The fourth-order valence-corrected chi connectivity index (χ4v) is 4.75. The van der Waals surface area contributed by atoms with E-state index in [-0.39, 0.29) is 0 Å². The molecule has 0 unspecified atom stereocenters. The molecule has 0 saturated heterocycles. The van der Waals surface area contributed by atoms with Gasteiger partial charge in [-0.3, -0.25) is 5.26 Å². The average Bonchev–Trinajstić information content (AvgIpc) is 2.83. The molecule has 1 N–H and O–H groups in total. The Morgan fingerprint density at radius 3 is 1.60 bits per heavy atom. The van der Waals surface area contributed by atoms with E-state index in [1.807, 2.05) is 91.0 Å². The van der Waals surface area contributed by atoms with Crippen molar-refractivity contribution in [3.63, 3.8) is 0 Å². The Morgan fingerprint density at radius 1 is 0.567 bits per heavy atom. The van der Waals surface area contributed by atoms with Crippen LogP contribution in [0.2, 0.25) is 0 Å². The molecule has 0 spiro atoms. The summed E-state index contributed by atoms with van der Waals surface area (Å²) in [6.07, 6.45) is 0. The molecule has 3 heteroatoms. The summed E-state index contributed by atoms with van der Waals surface area (Å²) in [6.45, 7) is 0. The number of hydrogen-bond acceptors (Lipinski definition) is 3. The molecule has 0 saturated carbocycles. The van der Waals surface area contributed by atoms with E-state index in [0.29, 0.717) is 11.5 Å². The van der Waals surface area contributed by atoms with Gasteiger partial charge in [0.1, 0.15) is 11.5 Å². The molecular formula is C27H18O3. The lowest BCUT2D eigenvalue weighted by atomic mass is 9.74. The Balaban J connectivity index is 1.85. The molecule has 6 rings (SSSR count). The van der Waals surface area contributed by atoms with Crippen LogP contribution in [0.3, 0.4) is 0 Å². The maximum Gasteiger partial charge on any atom is 0.187 e. The fourth-order valence-electron chi connectivity index (χ4n) is 4.75. The van der Waals surface area contributed by atoms with Gasteiger partial charge in [0.2, 0.25) is 0 Å². The molecule has 1 aliphatic heterocycles. The van der Waals surface area contributed by atoms with Crippen molar-refractivity contribution in [3.05, 3.63) is 120 Å². The van der Waals surface area contributed by atoms with E-state index < -0.39 is 5.60 Å². The first kappa shape index (κ1) is 17.2. The van der Waals surface area contributed by atoms with E-state index in [2.05, 4.69) is 12.1 Å². The van der Waals surface area contributed by atoms with E-state index in [1.165, 1.54) is 0 Å². The zero-order valence-corrected chi connectivity index (χ0v) is 16.1. The molecule has 0 aliphatic carbocycles. The molecule has 0 fully saturated rings. The van der Waals surface area contributed by atoms with Gasteiger partial charge in [0.25, 0.3) is 0 Å². The number of hydrogen-bond donors (Lipinski definition) is 1. The minimum atomic E-state index is -1.23. The first-order valence-electron chi connectivity index (χ1n) is 9.93. The number of ether oxygens (including phenoxy) is 1. The van der Waals surface area contributed by atoms with Crippen LogP contribution in [0.25, 0.3) is 21.5 Å². The molecule has 0 radical (unpaired) electrons. The van der Waals surface area contributed by atoms with Crippen LogP contribution in [0, 0.1) is 0 Å². The Morgan fingerprint density at radius 2 is 1.07 bits per heavy atom. The molecular weight excluding hydrogens is 372 g/mol. The molecule has 144 valence electrons. The van der Waals surface area contributed by atoms with Gasteiger partial charge in [-0.1, -0.05) is 91.0 Å². The smallest absolute Gasteiger partial charge is 0.187 e. The van der Waals surface area contributed by atoms with Gasteiger partial charge >= 0.3 is 0 Å². The van der Waals surface area contributed by atoms with Crippen LogP contribution < -0.4 is 4.74 Å². The molecule has 5 aromatic carbocycles. The van der Waals surface area contributed by atoms with E-state index in [4.69, 9.17) is 9.62 Å². The van der Waals surface area contributed by atoms with Crippen LogP contribution in [0.5, 0.6) is 11.5 Å². The highest BCUT2D eigenvalue weighted by molar-refractivity contribution is 5.96. The summed E-state index contributed by atoms with van der Waals surface area (Å²) >= 11 is 0. The molecule has 5 aromatic rings. The Bertz CT molecular complexity index is 1320. The predicted octanol–water partition coefficient (Wildman–Crippen LogP) is 6.88. The normalized spacial score (nSPS) is 14.2. The van der Waals surface area contributed by atoms with E-state index in [0.717, 1.165) is 38.2 Å². The van der Waals surface area contributed by atoms with Crippen LogP contribution in [-0.2, 0) is 10.5 Å². The third-order valence-corrected chi connectivity index (χ3v) is 6.02. The van der Waals surface area contributed by atoms with Crippen molar-refractivity contribution in [1.29, 1.82) is 0 Å².